The van der Waals surface area contributed by atoms with Crippen LogP contribution in [0.3, 0.4) is 0 Å². The van der Waals surface area contributed by atoms with Gasteiger partial charge in [0, 0.05) is 13.1 Å². The molecule has 0 aromatic carbocycles. The molecule has 2 rings (SSSR count). The molecule has 2 fully saturated rings. The maximum atomic E-state index is 5.28. The van der Waals surface area contributed by atoms with Gasteiger partial charge in [0.1, 0.15) is 5.60 Å². The first-order valence-electron chi connectivity index (χ1n) is 3.34. The van der Waals surface area contributed by atoms with E-state index in [9.17, 15) is 0 Å². The van der Waals surface area contributed by atoms with Gasteiger partial charge in [-0.2, -0.15) is 0 Å². The molecule has 0 aromatic rings. The van der Waals surface area contributed by atoms with E-state index in [2.05, 4.69) is 5.32 Å². The summed E-state index contributed by atoms with van der Waals surface area (Å²) >= 11 is 0. The van der Waals surface area contributed by atoms with Crippen molar-refractivity contribution in [1.29, 1.82) is 0 Å². The van der Waals surface area contributed by atoms with Crippen LogP contribution >= 0.6 is 0 Å². The van der Waals surface area contributed by atoms with Crippen molar-refractivity contribution in [3.8, 4) is 0 Å². The number of epoxide rings is 1. The Hall–Kier alpha value is -0.120. The summed E-state index contributed by atoms with van der Waals surface area (Å²) in [4.78, 5) is 0. The lowest BCUT2D eigenvalue weighted by Crippen LogP contribution is -2.30. The van der Waals surface area contributed by atoms with Crippen LogP contribution in [0, 0.1) is 0 Å². The SMILES string of the molecule is C1COCC2(CN1)CO2. The lowest BCUT2D eigenvalue weighted by molar-refractivity contribution is 0.103. The van der Waals surface area contributed by atoms with Gasteiger partial charge in [0.2, 0.25) is 0 Å². The summed E-state index contributed by atoms with van der Waals surface area (Å²) in [6.45, 7) is 4.41. The molecule has 52 valence electrons. The summed E-state index contributed by atoms with van der Waals surface area (Å²) in [6.07, 6.45) is 0. The molecule has 3 heteroatoms. The minimum absolute atomic E-state index is 0.0799. The highest BCUT2D eigenvalue weighted by Crippen LogP contribution is 2.26. The fourth-order valence-electron chi connectivity index (χ4n) is 1.06. The highest BCUT2D eigenvalue weighted by Gasteiger charge is 2.45. The fourth-order valence-corrected chi connectivity index (χ4v) is 1.06. The number of ether oxygens (including phenoxy) is 2. The molecule has 0 saturated carbocycles. The van der Waals surface area contributed by atoms with Gasteiger partial charge in [-0.05, 0) is 0 Å². The number of hydrogen-bond donors (Lipinski definition) is 1. The van der Waals surface area contributed by atoms with Gasteiger partial charge < -0.3 is 14.8 Å². The molecular weight excluding hydrogens is 118 g/mol. The van der Waals surface area contributed by atoms with Crippen molar-refractivity contribution in [2.24, 2.45) is 0 Å². The van der Waals surface area contributed by atoms with Crippen molar-refractivity contribution in [2.45, 2.75) is 5.60 Å². The Balaban J connectivity index is 1.92. The molecule has 9 heavy (non-hydrogen) atoms. The Morgan fingerprint density at radius 1 is 1.33 bits per heavy atom. The third-order valence-electron chi connectivity index (χ3n) is 1.79. The average Bonchev–Trinajstić information content (AvgIpc) is 2.64. The van der Waals surface area contributed by atoms with Crippen molar-refractivity contribution in [1.82, 2.24) is 5.32 Å². The molecule has 2 aliphatic heterocycles. The van der Waals surface area contributed by atoms with Crippen molar-refractivity contribution >= 4 is 0 Å². The van der Waals surface area contributed by atoms with E-state index < -0.39 is 0 Å². The van der Waals surface area contributed by atoms with Crippen molar-refractivity contribution in [2.75, 3.05) is 32.9 Å². The second-order valence-corrected chi connectivity index (χ2v) is 2.70. The minimum Gasteiger partial charge on any atom is -0.377 e. The van der Waals surface area contributed by atoms with Crippen molar-refractivity contribution < 1.29 is 9.47 Å². The van der Waals surface area contributed by atoms with Gasteiger partial charge >= 0.3 is 0 Å². The topological polar surface area (TPSA) is 33.8 Å². The van der Waals surface area contributed by atoms with E-state index in [1.54, 1.807) is 0 Å². The predicted octanol–water partition coefficient (Wildman–Crippen LogP) is -0.625. The van der Waals surface area contributed by atoms with Crippen LogP contribution in [0.1, 0.15) is 0 Å². The molecule has 1 spiro atoms. The zero-order chi connectivity index (χ0) is 6.16. The molecular formula is C6H11NO2. The second kappa shape index (κ2) is 1.94. The number of rotatable bonds is 0. The van der Waals surface area contributed by atoms with Crippen molar-refractivity contribution in [3.63, 3.8) is 0 Å². The second-order valence-electron chi connectivity index (χ2n) is 2.70. The first-order valence-corrected chi connectivity index (χ1v) is 3.34. The van der Waals surface area contributed by atoms with E-state index in [1.807, 2.05) is 0 Å². The zero-order valence-electron chi connectivity index (χ0n) is 5.35. The van der Waals surface area contributed by atoms with Gasteiger partial charge in [-0.1, -0.05) is 0 Å². The van der Waals surface area contributed by atoms with E-state index >= 15 is 0 Å². The molecule has 1 N–H and O–H groups in total. The van der Waals surface area contributed by atoms with Crippen LogP contribution < -0.4 is 5.32 Å². The Kier molecular flexibility index (Phi) is 1.22. The van der Waals surface area contributed by atoms with E-state index in [1.165, 1.54) is 0 Å². The highest BCUT2D eigenvalue weighted by atomic mass is 16.6. The summed E-state index contributed by atoms with van der Waals surface area (Å²) in [7, 11) is 0. The van der Waals surface area contributed by atoms with Gasteiger partial charge in [-0.25, -0.2) is 0 Å². The zero-order valence-corrected chi connectivity index (χ0v) is 5.35. The molecule has 2 aliphatic rings. The molecule has 2 heterocycles. The van der Waals surface area contributed by atoms with Gasteiger partial charge in [0.25, 0.3) is 0 Å². The smallest absolute Gasteiger partial charge is 0.127 e. The predicted molar refractivity (Wildman–Crippen MR) is 32.4 cm³/mol. The average molecular weight is 129 g/mol. The standard InChI is InChI=1S/C6H11NO2/c1-2-8-4-6(3-7-1)5-9-6/h7H,1-5H2. The van der Waals surface area contributed by atoms with E-state index in [4.69, 9.17) is 9.47 Å². The van der Waals surface area contributed by atoms with Crippen LogP contribution in [0.4, 0.5) is 0 Å². The summed E-state index contributed by atoms with van der Waals surface area (Å²) in [5.41, 5.74) is 0.0799. The van der Waals surface area contributed by atoms with Crippen LogP contribution in [-0.4, -0.2) is 38.5 Å². The number of hydrogen-bond acceptors (Lipinski definition) is 3. The van der Waals surface area contributed by atoms with Crippen LogP contribution in [0.15, 0.2) is 0 Å². The number of nitrogens with one attached hydrogen (secondary N) is 1. The first-order chi connectivity index (χ1) is 4.41. The van der Waals surface area contributed by atoms with Gasteiger partial charge in [-0.15, -0.1) is 0 Å². The molecule has 1 atom stereocenters. The molecule has 0 aliphatic carbocycles. The molecule has 2 saturated heterocycles. The van der Waals surface area contributed by atoms with Gasteiger partial charge in [0.05, 0.1) is 19.8 Å². The van der Waals surface area contributed by atoms with E-state index in [0.717, 1.165) is 32.9 Å². The lowest BCUT2D eigenvalue weighted by atomic mass is 10.2. The quantitative estimate of drug-likeness (QED) is 0.442. The summed E-state index contributed by atoms with van der Waals surface area (Å²) in [5, 5.41) is 3.25. The first kappa shape index (κ1) is 5.65. The van der Waals surface area contributed by atoms with Crippen LogP contribution in [0.5, 0.6) is 0 Å². The largest absolute Gasteiger partial charge is 0.377 e. The summed E-state index contributed by atoms with van der Waals surface area (Å²) < 4.78 is 10.5. The maximum absolute atomic E-state index is 5.28. The molecule has 0 amide bonds. The third kappa shape index (κ3) is 1.08. The monoisotopic (exact) mass is 129 g/mol. The Bertz CT molecular complexity index is 102. The third-order valence-corrected chi connectivity index (χ3v) is 1.79. The molecule has 0 aromatic heterocycles. The fraction of sp³-hybridized carbons (Fsp3) is 1.00. The van der Waals surface area contributed by atoms with Crippen LogP contribution in [-0.2, 0) is 9.47 Å². The highest BCUT2D eigenvalue weighted by molar-refractivity contribution is 4.95. The van der Waals surface area contributed by atoms with Gasteiger partial charge in [-0.3, -0.25) is 0 Å². The molecule has 0 radical (unpaired) electrons. The van der Waals surface area contributed by atoms with Gasteiger partial charge in [0.15, 0.2) is 0 Å². The van der Waals surface area contributed by atoms with Crippen LogP contribution in [0.2, 0.25) is 0 Å². The Labute approximate surface area is 54.3 Å². The maximum Gasteiger partial charge on any atom is 0.127 e. The summed E-state index contributed by atoms with van der Waals surface area (Å²) in [6, 6.07) is 0. The van der Waals surface area contributed by atoms with E-state index in [0.29, 0.717) is 0 Å². The Morgan fingerprint density at radius 2 is 2.22 bits per heavy atom. The normalized spacial score (nSPS) is 42.7. The molecule has 3 nitrogen and oxygen atoms in total. The molecule has 0 bridgehead atoms. The van der Waals surface area contributed by atoms with E-state index in [-0.39, 0.29) is 5.60 Å². The van der Waals surface area contributed by atoms with Crippen LogP contribution in [0.25, 0.3) is 0 Å². The molecule has 1 unspecified atom stereocenters. The van der Waals surface area contributed by atoms with Crippen molar-refractivity contribution in [3.05, 3.63) is 0 Å². The Morgan fingerprint density at radius 3 is 3.00 bits per heavy atom. The minimum atomic E-state index is 0.0799. The lowest BCUT2D eigenvalue weighted by Gasteiger charge is -2.04. The summed E-state index contributed by atoms with van der Waals surface area (Å²) in [5.74, 6) is 0.